The van der Waals surface area contributed by atoms with Gasteiger partial charge in [0.05, 0.1) is 6.54 Å². The van der Waals surface area contributed by atoms with Gasteiger partial charge in [-0.1, -0.05) is 44.5 Å². The molecule has 27 heavy (non-hydrogen) atoms. The van der Waals surface area contributed by atoms with Crippen LogP contribution in [0.3, 0.4) is 0 Å². The van der Waals surface area contributed by atoms with E-state index in [1.54, 1.807) is 19.1 Å². The molecular weight excluding hydrogens is 362 g/mol. The fraction of sp³-hybridized carbons (Fsp3) is 0.409. The third-order valence-corrected chi connectivity index (χ3v) is 4.63. The van der Waals surface area contributed by atoms with Gasteiger partial charge in [0, 0.05) is 5.02 Å². The van der Waals surface area contributed by atoms with Crippen molar-refractivity contribution >= 4 is 17.5 Å². The van der Waals surface area contributed by atoms with Crippen LogP contribution in [0.15, 0.2) is 42.5 Å². The highest BCUT2D eigenvalue weighted by Gasteiger charge is 2.15. The molecule has 4 nitrogen and oxygen atoms in total. The average Bonchev–Trinajstić information content (AvgIpc) is 2.61. The van der Waals surface area contributed by atoms with Gasteiger partial charge in [-0.05, 0) is 60.7 Å². The summed E-state index contributed by atoms with van der Waals surface area (Å²) in [6.45, 7) is 10.9. The Labute approximate surface area is 166 Å². The number of nitrogens with one attached hydrogen (secondary N) is 1. The number of benzene rings is 2. The molecule has 0 fully saturated rings. The number of halogens is 1. The molecule has 146 valence electrons. The Balaban J connectivity index is 1.74. The largest absolute Gasteiger partial charge is 0.492 e. The molecule has 2 rings (SSSR count). The number of rotatable bonds is 7. The standard InChI is InChI=1S/C22H28ClNO3/c1-15-14-19(10-11-20(15)23)27-16(2)21(25)24-12-13-26-18-8-6-17(7-9-18)22(3,4)5/h6-11,14,16H,12-13H2,1-5H3,(H,24,25)/t16-/m1/s1. The molecule has 2 aromatic carbocycles. The van der Waals surface area contributed by atoms with E-state index in [0.717, 1.165) is 11.3 Å². The molecule has 0 unspecified atom stereocenters. The first-order valence-electron chi connectivity index (χ1n) is 9.10. The average molecular weight is 390 g/mol. The van der Waals surface area contributed by atoms with Crippen LogP contribution in [0.25, 0.3) is 0 Å². The van der Waals surface area contributed by atoms with E-state index in [-0.39, 0.29) is 11.3 Å². The highest BCUT2D eigenvalue weighted by Crippen LogP contribution is 2.24. The van der Waals surface area contributed by atoms with E-state index in [0.29, 0.717) is 23.9 Å². The summed E-state index contributed by atoms with van der Waals surface area (Å²) < 4.78 is 11.3. The van der Waals surface area contributed by atoms with Gasteiger partial charge in [0.25, 0.3) is 5.91 Å². The zero-order chi connectivity index (χ0) is 20.0. The molecule has 0 radical (unpaired) electrons. The summed E-state index contributed by atoms with van der Waals surface area (Å²) in [6, 6.07) is 13.4. The molecule has 0 aliphatic rings. The number of aryl methyl sites for hydroxylation is 1. The smallest absolute Gasteiger partial charge is 0.260 e. The minimum atomic E-state index is -0.600. The van der Waals surface area contributed by atoms with Crippen molar-refractivity contribution in [1.82, 2.24) is 5.32 Å². The predicted molar refractivity (Wildman–Crippen MR) is 110 cm³/mol. The zero-order valence-corrected chi connectivity index (χ0v) is 17.4. The van der Waals surface area contributed by atoms with Crippen LogP contribution < -0.4 is 14.8 Å². The first kappa shape index (κ1) is 21.1. The minimum absolute atomic E-state index is 0.116. The maximum absolute atomic E-state index is 12.1. The highest BCUT2D eigenvalue weighted by molar-refractivity contribution is 6.31. The first-order chi connectivity index (χ1) is 12.7. The molecule has 5 heteroatoms. The summed E-state index contributed by atoms with van der Waals surface area (Å²) in [5.74, 6) is 1.22. The van der Waals surface area contributed by atoms with Crippen LogP contribution in [0.1, 0.15) is 38.8 Å². The molecule has 0 aliphatic heterocycles. The lowest BCUT2D eigenvalue weighted by atomic mass is 9.87. The van der Waals surface area contributed by atoms with E-state index < -0.39 is 6.10 Å². The maximum Gasteiger partial charge on any atom is 0.260 e. The van der Waals surface area contributed by atoms with Crippen LogP contribution in [0.4, 0.5) is 0 Å². The second-order valence-electron chi connectivity index (χ2n) is 7.58. The van der Waals surface area contributed by atoms with Gasteiger partial charge in [-0.15, -0.1) is 0 Å². The fourth-order valence-corrected chi connectivity index (χ4v) is 2.60. The Bertz CT molecular complexity index is 766. The normalized spacial score (nSPS) is 12.4. The summed E-state index contributed by atoms with van der Waals surface area (Å²) >= 11 is 6.00. The van der Waals surface area contributed by atoms with Gasteiger partial charge in [-0.3, -0.25) is 4.79 Å². The number of hydrogen-bond donors (Lipinski definition) is 1. The van der Waals surface area contributed by atoms with E-state index >= 15 is 0 Å². The van der Waals surface area contributed by atoms with E-state index in [1.165, 1.54) is 5.56 Å². The second-order valence-corrected chi connectivity index (χ2v) is 7.99. The Morgan fingerprint density at radius 3 is 2.33 bits per heavy atom. The molecule has 1 atom stereocenters. The van der Waals surface area contributed by atoms with Crippen molar-refractivity contribution in [2.24, 2.45) is 0 Å². The highest BCUT2D eigenvalue weighted by atomic mass is 35.5. The Morgan fingerprint density at radius 2 is 1.74 bits per heavy atom. The van der Waals surface area contributed by atoms with E-state index in [9.17, 15) is 4.79 Å². The van der Waals surface area contributed by atoms with Gasteiger partial charge in [0.2, 0.25) is 0 Å². The summed E-state index contributed by atoms with van der Waals surface area (Å²) in [5.41, 5.74) is 2.28. The molecule has 2 aromatic rings. The number of ether oxygens (including phenoxy) is 2. The molecular formula is C22H28ClNO3. The lowest BCUT2D eigenvalue weighted by Crippen LogP contribution is -2.38. The molecule has 0 saturated heterocycles. The van der Waals surface area contributed by atoms with Gasteiger partial charge in [0.1, 0.15) is 18.1 Å². The molecule has 0 bridgehead atoms. The fourth-order valence-electron chi connectivity index (χ4n) is 2.49. The number of carbonyl (C=O) groups is 1. The summed E-state index contributed by atoms with van der Waals surface area (Å²) in [6.07, 6.45) is -0.600. The number of hydrogen-bond acceptors (Lipinski definition) is 3. The van der Waals surface area contributed by atoms with Gasteiger partial charge in [-0.25, -0.2) is 0 Å². The predicted octanol–water partition coefficient (Wildman–Crippen LogP) is 4.91. The topological polar surface area (TPSA) is 47.6 Å². The van der Waals surface area contributed by atoms with Crippen LogP contribution in [0.5, 0.6) is 11.5 Å². The van der Waals surface area contributed by atoms with E-state index in [2.05, 4.69) is 38.2 Å². The molecule has 0 aliphatic carbocycles. The van der Waals surface area contributed by atoms with Crippen molar-refractivity contribution in [3.8, 4) is 11.5 Å². The molecule has 0 aromatic heterocycles. The van der Waals surface area contributed by atoms with Crippen LogP contribution in [0.2, 0.25) is 5.02 Å². The van der Waals surface area contributed by atoms with Crippen LogP contribution in [-0.2, 0) is 10.2 Å². The first-order valence-corrected chi connectivity index (χ1v) is 9.48. The zero-order valence-electron chi connectivity index (χ0n) is 16.6. The molecule has 0 saturated carbocycles. The van der Waals surface area contributed by atoms with Crippen molar-refractivity contribution in [3.63, 3.8) is 0 Å². The van der Waals surface area contributed by atoms with Crippen LogP contribution >= 0.6 is 11.6 Å². The van der Waals surface area contributed by atoms with Crippen molar-refractivity contribution < 1.29 is 14.3 Å². The lowest BCUT2D eigenvalue weighted by molar-refractivity contribution is -0.127. The minimum Gasteiger partial charge on any atom is -0.492 e. The molecule has 1 N–H and O–H groups in total. The summed E-state index contributed by atoms with van der Waals surface area (Å²) in [5, 5.41) is 3.49. The molecule has 0 heterocycles. The summed E-state index contributed by atoms with van der Waals surface area (Å²) in [7, 11) is 0. The Kier molecular flexibility index (Phi) is 7.14. The van der Waals surface area contributed by atoms with Crippen LogP contribution in [0, 0.1) is 6.92 Å². The van der Waals surface area contributed by atoms with Crippen molar-refractivity contribution in [2.75, 3.05) is 13.2 Å². The quantitative estimate of drug-likeness (QED) is 0.684. The molecule has 1 amide bonds. The van der Waals surface area contributed by atoms with Crippen molar-refractivity contribution in [3.05, 3.63) is 58.6 Å². The van der Waals surface area contributed by atoms with Gasteiger partial charge >= 0.3 is 0 Å². The van der Waals surface area contributed by atoms with Crippen molar-refractivity contribution in [1.29, 1.82) is 0 Å². The van der Waals surface area contributed by atoms with Crippen LogP contribution in [-0.4, -0.2) is 25.2 Å². The van der Waals surface area contributed by atoms with E-state index in [1.807, 2.05) is 25.1 Å². The third-order valence-electron chi connectivity index (χ3n) is 4.20. The Hall–Kier alpha value is -2.20. The van der Waals surface area contributed by atoms with Gasteiger partial charge in [-0.2, -0.15) is 0 Å². The summed E-state index contributed by atoms with van der Waals surface area (Å²) in [4.78, 5) is 12.1. The SMILES string of the molecule is Cc1cc(O[C@H](C)C(=O)NCCOc2ccc(C(C)(C)C)cc2)ccc1Cl. The third kappa shape index (κ3) is 6.47. The van der Waals surface area contributed by atoms with Gasteiger partial charge in [0.15, 0.2) is 6.10 Å². The van der Waals surface area contributed by atoms with E-state index in [4.69, 9.17) is 21.1 Å². The van der Waals surface area contributed by atoms with Gasteiger partial charge < -0.3 is 14.8 Å². The van der Waals surface area contributed by atoms with Crippen molar-refractivity contribution in [2.45, 2.75) is 46.1 Å². The lowest BCUT2D eigenvalue weighted by Gasteiger charge is -2.19. The monoisotopic (exact) mass is 389 g/mol. The second kappa shape index (κ2) is 9.14. The molecule has 0 spiro atoms. The Morgan fingerprint density at radius 1 is 1.11 bits per heavy atom. The maximum atomic E-state index is 12.1. The number of carbonyl (C=O) groups excluding carboxylic acids is 1. The number of amides is 1.